The third-order valence-electron chi connectivity index (χ3n) is 4.08. The Morgan fingerprint density at radius 2 is 2.08 bits per heavy atom. The molecule has 0 amide bonds. The van der Waals surface area contributed by atoms with Crippen LogP contribution < -0.4 is 11.5 Å². The van der Waals surface area contributed by atoms with Gasteiger partial charge < -0.3 is 21.3 Å². The molecule has 0 saturated heterocycles. The zero-order valence-electron chi connectivity index (χ0n) is 12.9. The number of nitrogens with two attached hydrogens (primary N) is 2. The van der Waals surface area contributed by atoms with Gasteiger partial charge in [-0.2, -0.15) is 0 Å². The fraction of sp³-hybridized carbons (Fsp3) is 0.438. The summed E-state index contributed by atoms with van der Waals surface area (Å²) in [6, 6.07) is 5.43. The zero-order chi connectivity index (χ0) is 17.9. The SMILES string of the molecule is N[C@@H](CC(=O)O)C(=O)O[C@@H]1CCC[C@](N)(c2ccccc2Cl)C1=O. The van der Waals surface area contributed by atoms with Gasteiger partial charge in [-0.3, -0.25) is 14.4 Å². The van der Waals surface area contributed by atoms with Gasteiger partial charge in [0.15, 0.2) is 11.9 Å². The fourth-order valence-corrected chi connectivity index (χ4v) is 3.11. The summed E-state index contributed by atoms with van der Waals surface area (Å²) in [4.78, 5) is 35.2. The number of Topliss-reactive ketones (excluding diaryl/α,β-unsaturated/α-hetero) is 1. The highest BCUT2D eigenvalue weighted by atomic mass is 35.5. The van der Waals surface area contributed by atoms with Crippen LogP contribution in [-0.4, -0.2) is 35.0 Å². The van der Waals surface area contributed by atoms with Crippen LogP contribution in [0, 0.1) is 0 Å². The first-order valence-corrected chi connectivity index (χ1v) is 7.89. The van der Waals surface area contributed by atoms with E-state index < -0.39 is 41.8 Å². The van der Waals surface area contributed by atoms with Gasteiger partial charge in [0.2, 0.25) is 0 Å². The number of aliphatic carboxylic acids is 1. The topological polar surface area (TPSA) is 133 Å². The van der Waals surface area contributed by atoms with Crippen LogP contribution in [0.1, 0.15) is 31.2 Å². The number of benzene rings is 1. The van der Waals surface area contributed by atoms with E-state index in [9.17, 15) is 14.4 Å². The number of carbonyl (C=O) groups excluding carboxylic acids is 2. The van der Waals surface area contributed by atoms with Crippen LogP contribution >= 0.6 is 11.6 Å². The predicted molar refractivity (Wildman–Crippen MR) is 86.3 cm³/mol. The Balaban J connectivity index is 2.17. The molecule has 0 aromatic heterocycles. The van der Waals surface area contributed by atoms with Crippen molar-refractivity contribution >= 4 is 29.3 Å². The van der Waals surface area contributed by atoms with Crippen LogP contribution in [0.2, 0.25) is 5.02 Å². The van der Waals surface area contributed by atoms with Gasteiger partial charge in [0.1, 0.15) is 11.6 Å². The first kappa shape index (κ1) is 18.4. The molecule has 1 aromatic rings. The molecule has 0 aliphatic heterocycles. The second-order valence-corrected chi connectivity index (χ2v) is 6.24. The first-order chi connectivity index (χ1) is 11.3. The number of carboxylic acid groups (broad SMARTS) is 1. The summed E-state index contributed by atoms with van der Waals surface area (Å²) in [6.07, 6.45) is -0.386. The van der Waals surface area contributed by atoms with Crippen molar-refractivity contribution in [3.05, 3.63) is 34.9 Å². The summed E-state index contributed by atoms with van der Waals surface area (Å²) in [5, 5.41) is 9.03. The minimum absolute atomic E-state index is 0.313. The van der Waals surface area contributed by atoms with E-state index in [1.165, 1.54) is 0 Å². The number of carbonyl (C=O) groups is 3. The lowest BCUT2D eigenvalue weighted by molar-refractivity contribution is -0.162. The van der Waals surface area contributed by atoms with Gasteiger partial charge in [0, 0.05) is 5.02 Å². The van der Waals surface area contributed by atoms with Crippen molar-refractivity contribution < 1.29 is 24.2 Å². The summed E-state index contributed by atoms with van der Waals surface area (Å²) in [7, 11) is 0. The number of hydrogen-bond acceptors (Lipinski definition) is 6. The minimum Gasteiger partial charge on any atom is -0.481 e. The van der Waals surface area contributed by atoms with E-state index >= 15 is 0 Å². The third-order valence-corrected chi connectivity index (χ3v) is 4.41. The van der Waals surface area contributed by atoms with Crippen LogP contribution in [0.15, 0.2) is 24.3 Å². The monoisotopic (exact) mass is 354 g/mol. The summed E-state index contributed by atoms with van der Waals surface area (Å²) in [6.45, 7) is 0. The Morgan fingerprint density at radius 1 is 1.42 bits per heavy atom. The Morgan fingerprint density at radius 3 is 2.71 bits per heavy atom. The average Bonchev–Trinajstić information content (AvgIpc) is 2.51. The zero-order valence-corrected chi connectivity index (χ0v) is 13.7. The molecule has 1 aliphatic rings. The summed E-state index contributed by atoms with van der Waals surface area (Å²) in [5.41, 5.74) is 10.9. The van der Waals surface area contributed by atoms with Crippen LogP contribution in [0.4, 0.5) is 0 Å². The Hall–Kier alpha value is -1.96. The maximum absolute atomic E-state index is 12.8. The molecule has 1 fully saturated rings. The molecule has 2 rings (SSSR count). The Labute approximate surface area is 143 Å². The van der Waals surface area contributed by atoms with Gasteiger partial charge in [-0.05, 0) is 30.9 Å². The van der Waals surface area contributed by atoms with E-state index in [-0.39, 0.29) is 0 Å². The van der Waals surface area contributed by atoms with E-state index in [4.69, 9.17) is 32.9 Å². The van der Waals surface area contributed by atoms with E-state index in [1.54, 1.807) is 24.3 Å². The Kier molecular flexibility index (Phi) is 5.58. The lowest BCUT2D eigenvalue weighted by atomic mass is 9.75. The molecular formula is C16H19ClN2O5. The second kappa shape index (κ2) is 7.29. The molecule has 0 bridgehead atoms. The summed E-state index contributed by atoms with van der Waals surface area (Å²) >= 11 is 6.15. The molecule has 5 N–H and O–H groups in total. The third kappa shape index (κ3) is 3.75. The molecule has 8 heteroatoms. The van der Waals surface area contributed by atoms with Crippen LogP contribution in [0.3, 0.4) is 0 Å². The highest BCUT2D eigenvalue weighted by Gasteiger charge is 2.46. The standard InChI is InChI=1S/C16H19ClN2O5/c17-10-5-2-1-4-9(10)16(19)7-3-6-12(14(16)22)24-15(23)11(18)8-13(20)21/h1-2,4-5,11-12H,3,6-8,18-19H2,(H,20,21)/t11-,12+,16-/m0/s1. The van der Waals surface area contributed by atoms with E-state index in [1.807, 2.05) is 0 Å². The number of halogens is 1. The largest absolute Gasteiger partial charge is 0.481 e. The highest BCUT2D eigenvalue weighted by molar-refractivity contribution is 6.31. The van der Waals surface area contributed by atoms with E-state index in [2.05, 4.69) is 0 Å². The van der Waals surface area contributed by atoms with Crippen LogP contribution in [-0.2, 0) is 24.7 Å². The molecule has 0 heterocycles. The van der Waals surface area contributed by atoms with E-state index in [0.717, 1.165) is 0 Å². The molecular weight excluding hydrogens is 336 g/mol. The van der Waals surface area contributed by atoms with Crippen molar-refractivity contribution in [1.82, 2.24) is 0 Å². The van der Waals surface area contributed by atoms with Gasteiger partial charge in [0.05, 0.1) is 6.42 Å². The lowest BCUT2D eigenvalue weighted by Gasteiger charge is -2.36. The number of rotatable bonds is 5. The number of esters is 1. The van der Waals surface area contributed by atoms with E-state index in [0.29, 0.717) is 29.8 Å². The molecule has 0 radical (unpaired) electrons. The average molecular weight is 355 g/mol. The number of ether oxygens (including phenoxy) is 1. The molecule has 1 aliphatic carbocycles. The van der Waals surface area contributed by atoms with Crippen molar-refractivity contribution in [3.8, 4) is 0 Å². The highest BCUT2D eigenvalue weighted by Crippen LogP contribution is 2.36. The second-order valence-electron chi connectivity index (χ2n) is 5.84. The molecule has 3 atom stereocenters. The van der Waals surface area contributed by atoms with Crippen LogP contribution in [0.5, 0.6) is 0 Å². The number of carboxylic acids is 1. The predicted octanol–water partition coefficient (Wildman–Crippen LogP) is 0.961. The van der Waals surface area contributed by atoms with Crippen molar-refractivity contribution in [1.29, 1.82) is 0 Å². The molecule has 1 saturated carbocycles. The van der Waals surface area contributed by atoms with Gasteiger partial charge >= 0.3 is 11.9 Å². The Bertz CT molecular complexity index is 666. The maximum Gasteiger partial charge on any atom is 0.324 e. The molecule has 0 unspecified atom stereocenters. The summed E-state index contributed by atoms with van der Waals surface area (Å²) in [5.74, 6) is -2.62. The van der Waals surface area contributed by atoms with Gasteiger partial charge in [-0.25, -0.2) is 0 Å². The summed E-state index contributed by atoms with van der Waals surface area (Å²) < 4.78 is 5.12. The molecule has 1 aromatic carbocycles. The van der Waals surface area contributed by atoms with Crippen molar-refractivity contribution in [2.24, 2.45) is 11.5 Å². The normalized spacial score (nSPS) is 25.1. The maximum atomic E-state index is 12.8. The van der Waals surface area contributed by atoms with Gasteiger partial charge in [0.25, 0.3) is 0 Å². The van der Waals surface area contributed by atoms with Gasteiger partial charge in [-0.15, -0.1) is 0 Å². The van der Waals surface area contributed by atoms with Crippen molar-refractivity contribution in [2.75, 3.05) is 0 Å². The minimum atomic E-state index is -1.35. The smallest absolute Gasteiger partial charge is 0.324 e. The van der Waals surface area contributed by atoms with Crippen molar-refractivity contribution in [2.45, 2.75) is 43.4 Å². The fourth-order valence-electron chi connectivity index (χ4n) is 2.81. The molecule has 24 heavy (non-hydrogen) atoms. The molecule has 0 spiro atoms. The number of ketones is 1. The lowest BCUT2D eigenvalue weighted by Crippen LogP contribution is -2.54. The molecule has 130 valence electrons. The number of hydrogen-bond donors (Lipinski definition) is 3. The van der Waals surface area contributed by atoms with Gasteiger partial charge in [-0.1, -0.05) is 29.8 Å². The van der Waals surface area contributed by atoms with Crippen LogP contribution in [0.25, 0.3) is 0 Å². The van der Waals surface area contributed by atoms with Crippen molar-refractivity contribution in [3.63, 3.8) is 0 Å². The quantitative estimate of drug-likeness (QED) is 0.670. The first-order valence-electron chi connectivity index (χ1n) is 7.52. The molecule has 7 nitrogen and oxygen atoms in total.